The van der Waals surface area contributed by atoms with E-state index in [2.05, 4.69) is 4.90 Å². The molecule has 0 aromatic heterocycles. The van der Waals surface area contributed by atoms with E-state index in [0.29, 0.717) is 11.8 Å². The monoisotopic (exact) mass is 239 g/mol. The summed E-state index contributed by atoms with van der Waals surface area (Å²) in [7, 11) is 0. The van der Waals surface area contributed by atoms with Crippen molar-refractivity contribution in [2.75, 3.05) is 32.9 Å². The third-order valence-corrected chi connectivity index (χ3v) is 4.41. The Balaban J connectivity index is 1.61. The Morgan fingerprint density at radius 2 is 2.06 bits per heavy atom. The Kier molecular flexibility index (Phi) is 3.19. The van der Waals surface area contributed by atoms with Crippen molar-refractivity contribution < 1.29 is 14.3 Å². The summed E-state index contributed by atoms with van der Waals surface area (Å²) in [6.07, 6.45) is 4.70. The zero-order valence-electron chi connectivity index (χ0n) is 10.3. The molecule has 96 valence electrons. The standard InChI is InChI=1S/C13H21NO3/c15-12-1-5-14(6-2-12)11-3-7-17-13(9-11)4-8-16-10-13/h11H,1-10H2. The molecule has 0 saturated carbocycles. The second-order valence-electron chi connectivity index (χ2n) is 5.56. The van der Waals surface area contributed by atoms with Crippen molar-refractivity contribution >= 4 is 5.78 Å². The molecule has 0 bridgehead atoms. The molecule has 3 aliphatic rings. The third-order valence-electron chi connectivity index (χ3n) is 4.41. The maximum atomic E-state index is 11.3. The molecule has 3 rings (SSSR count). The first-order valence-electron chi connectivity index (χ1n) is 6.75. The highest BCUT2D eigenvalue weighted by Gasteiger charge is 2.42. The van der Waals surface area contributed by atoms with Gasteiger partial charge in [-0.05, 0) is 12.8 Å². The number of likely N-dealkylation sites (tertiary alicyclic amines) is 1. The van der Waals surface area contributed by atoms with Crippen molar-refractivity contribution in [1.82, 2.24) is 4.90 Å². The number of carbonyl (C=O) groups is 1. The van der Waals surface area contributed by atoms with E-state index in [1.54, 1.807) is 0 Å². The molecular formula is C13H21NO3. The number of nitrogens with zero attached hydrogens (tertiary/aromatic N) is 1. The van der Waals surface area contributed by atoms with Gasteiger partial charge in [0.25, 0.3) is 0 Å². The summed E-state index contributed by atoms with van der Waals surface area (Å²) in [6.45, 7) is 4.33. The number of carbonyl (C=O) groups excluding carboxylic acids is 1. The van der Waals surface area contributed by atoms with Crippen molar-refractivity contribution in [2.45, 2.75) is 43.7 Å². The van der Waals surface area contributed by atoms with Gasteiger partial charge in [-0.25, -0.2) is 0 Å². The summed E-state index contributed by atoms with van der Waals surface area (Å²) < 4.78 is 11.4. The van der Waals surface area contributed by atoms with E-state index in [9.17, 15) is 4.79 Å². The summed E-state index contributed by atoms with van der Waals surface area (Å²) in [5.74, 6) is 0.423. The molecule has 0 aromatic carbocycles. The van der Waals surface area contributed by atoms with Crippen LogP contribution in [0.5, 0.6) is 0 Å². The second-order valence-corrected chi connectivity index (χ2v) is 5.56. The van der Waals surface area contributed by atoms with Crippen LogP contribution < -0.4 is 0 Å². The van der Waals surface area contributed by atoms with Gasteiger partial charge in [0, 0.05) is 51.6 Å². The summed E-state index contributed by atoms with van der Waals surface area (Å²) in [6, 6.07) is 0.596. The summed E-state index contributed by atoms with van der Waals surface area (Å²) in [4.78, 5) is 13.8. The average molecular weight is 239 g/mol. The Morgan fingerprint density at radius 1 is 1.24 bits per heavy atom. The number of ketones is 1. The zero-order chi connectivity index (χ0) is 11.7. The van der Waals surface area contributed by atoms with E-state index in [-0.39, 0.29) is 5.60 Å². The molecule has 2 atom stereocenters. The molecule has 0 aliphatic carbocycles. The highest BCUT2D eigenvalue weighted by atomic mass is 16.6. The highest BCUT2D eigenvalue weighted by molar-refractivity contribution is 5.79. The molecule has 0 radical (unpaired) electrons. The van der Waals surface area contributed by atoms with E-state index in [1.165, 1.54) is 0 Å². The molecule has 1 spiro atoms. The lowest BCUT2D eigenvalue weighted by Crippen LogP contribution is -2.51. The van der Waals surface area contributed by atoms with Crippen LogP contribution in [0, 0.1) is 0 Å². The molecule has 0 N–H and O–H groups in total. The molecule has 3 heterocycles. The number of piperidine rings is 1. The number of hydrogen-bond donors (Lipinski definition) is 0. The lowest BCUT2D eigenvalue weighted by Gasteiger charge is -2.43. The Labute approximate surface area is 102 Å². The quantitative estimate of drug-likeness (QED) is 0.684. The van der Waals surface area contributed by atoms with Crippen LogP contribution in [0.3, 0.4) is 0 Å². The van der Waals surface area contributed by atoms with Crippen molar-refractivity contribution in [3.8, 4) is 0 Å². The molecule has 3 aliphatic heterocycles. The third kappa shape index (κ3) is 2.39. The first-order chi connectivity index (χ1) is 8.27. The van der Waals surface area contributed by atoms with Crippen molar-refractivity contribution in [2.24, 2.45) is 0 Å². The molecular weight excluding hydrogens is 218 g/mol. The van der Waals surface area contributed by atoms with Crippen LogP contribution in [-0.2, 0) is 14.3 Å². The van der Waals surface area contributed by atoms with Crippen LogP contribution in [0.1, 0.15) is 32.1 Å². The minimum absolute atomic E-state index is 0.00955. The topological polar surface area (TPSA) is 38.8 Å². The minimum Gasteiger partial charge on any atom is -0.378 e. The number of Topliss-reactive ketones (excluding diaryl/α,β-unsaturated/α-hetero) is 1. The van der Waals surface area contributed by atoms with E-state index >= 15 is 0 Å². The number of rotatable bonds is 1. The lowest BCUT2D eigenvalue weighted by atomic mass is 9.88. The van der Waals surface area contributed by atoms with Crippen LogP contribution in [0.25, 0.3) is 0 Å². The molecule has 0 aromatic rings. The molecule has 0 amide bonds. The predicted molar refractivity (Wildman–Crippen MR) is 63.0 cm³/mol. The van der Waals surface area contributed by atoms with Gasteiger partial charge in [0.15, 0.2) is 0 Å². The maximum absolute atomic E-state index is 11.3. The largest absolute Gasteiger partial charge is 0.378 e. The highest BCUT2D eigenvalue weighted by Crippen LogP contribution is 2.35. The van der Waals surface area contributed by atoms with Gasteiger partial charge in [0.05, 0.1) is 12.2 Å². The maximum Gasteiger partial charge on any atom is 0.135 e. The molecule has 3 fully saturated rings. The van der Waals surface area contributed by atoms with Gasteiger partial charge in [-0.2, -0.15) is 0 Å². The first-order valence-corrected chi connectivity index (χ1v) is 6.75. The molecule has 2 unspecified atom stereocenters. The fourth-order valence-corrected chi connectivity index (χ4v) is 3.32. The molecule has 17 heavy (non-hydrogen) atoms. The predicted octanol–water partition coefficient (Wildman–Crippen LogP) is 0.989. The van der Waals surface area contributed by atoms with Gasteiger partial charge < -0.3 is 9.47 Å². The van der Waals surface area contributed by atoms with E-state index in [4.69, 9.17) is 9.47 Å². The van der Waals surface area contributed by atoms with Gasteiger partial charge in [-0.15, -0.1) is 0 Å². The van der Waals surface area contributed by atoms with Gasteiger partial charge in [-0.1, -0.05) is 0 Å². The van der Waals surface area contributed by atoms with Gasteiger partial charge in [0.2, 0.25) is 0 Å². The van der Waals surface area contributed by atoms with Gasteiger partial charge >= 0.3 is 0 Å². The van der Waals surface area contributed by atoms with E-state index < -0.39 is 0 Å². The zero-order valence-corrected chi connectivity index (χ0v) is 10.3. The Morgan fingerprint density at radius 3 is 2.76 bits per heavy atom. The van der Waals surface area contributed by atoms with Crippen molar-refractivity contribution in [3.63, 3.8) is 0 Å². The van der Waals surface area contributed by atoms with Crippen LogP contribution in [0.2, 0.25) is 0 Å². The van der Waals surface area contributed by atoms with Gasteiger partial charge in [0.1, 0.15) is 5.78 Å². The van der Waals surface area contributed by atoms with Crippen molar-refractivity contribution in [1.29, 1.82) is 0 Å². The van der Waals surface area contributed by atoms with Gasteiger partial charge in [-0.3, -0.25) is 9.69 Å². The van der Waals surface area contributed by atoms with Crippen LogP contribution >= 0.6 is 0 Å². The fourth-order valence-electron chi connectivity index (χ4n) is 3.32. The van der Waals surface area contributed by atoms with Crippen LogP contribution in [-0.4, -0.2) is 55.2 Å². The van der Waals surface area contributed by atoms with E-state index in [0.717, 1.165) is 65.0 Å². The molecule has 4 heteroatoms. The number of hydrogen-bond acceptors (Lipinski definition) is 4. The van der Waals surface area contributed by atoms with Crippen LogP contribution in [0.15, 0.2) is 0 Å². The second kappa shape index (κ2) is 4.67. The fraction of sp³-hybridized carbons (Fsp3) is 0.923. The molecule has 3 saturated heterocycles. The van der Waals surface area contributed by atoms with E-state index in [1.807, 2.05) is 0 Å². The summed E-state index contributed by atoms with van der Waals surface area (Å²) in [5.41, 5.74) is -0.00955. The minimum atomic E-state index is -0.00955. The summed E-state index contributed by atoms with van der Waals surface area (Å²) in [5, 5.41) is 0. The summed E-state index contributed by atoms with van der Waals surface area (Å²) >= 11 is 0. The normalized spacial score (nSPS) is 40.0. The molecule has 4 nitrogen and oxygen atoms in total. The van der Waals surface area contributed by atoms with Crippen molar-refractivity contribution in [3.05, 3.63) is 0 Å². The number of ether oxygens (including phenoxy) is 2. The average Bonchev–Trinajstić information content (AvgIpc) is 2.78. The van der Waals surface area contributed by atoms with Crippen LogP contribution in [0.4, 0.5) is 0 Å². The smallest absolute Gasteiger partial charge is 0.135 e. The Bertz CT molecular complexity index is 289. The Hall–Kier alpha value is -0.450. The lowest BCUT2D eigenvalue weighted by molar-refractivity contribution is -0.126. The first kappa shape index (κ1) is 11.6. The SMILES string of the molecule is O=C1CCN(C2CCOC3(CCOC3)C2)CC1.